The molecule has 0 unspecified atom stereocenters. The number of ether oxygens (including phenoxy) is 2. The third-order valence-electron chi connectivity index (χ3n) is 4.25. The topological polar surface area (TPSA) is 63.6 Å². The highest BCUT2D eigenvalue weighted by Gasteiger charge is 2.15. The number of rotatable bonds is 8. The third-order valence-corrected chi connectivity index (χ3v) is 5.33. The molecule has 0 bridgehead atoms. The van der Waals surface area contributed by atoms with Crippen LogP contribution in [0.4, 0.5) is 5.13 Å². The second-order valence-electron chi connectivity index (χ2n) is 6.09. The molecule has 0 radical (unpaired) electrons. The van der Waals surface area contributed by atoms with Crippen LogP contribution in [0.2, 0.25) is 0 Å². The normalized spacial score (nSPS) is 10.6. The Kier molecular flexibility index (Phi) is 6.19. The number of nitrogens with one attached hydrogen (secondary N) is 1. The number of anilines is 1. The molecule has 0 atom stereocenters. The second-order valence-corrected chi connectivity index (χ2v) is 7.18. The highest BCUT2D eigenvalue weighted by molar-refractivity contribution is 7.16. The van der Waals surface area contributed by atoms with E-state index in [9.17, 15) is 5.11 Å². The standard InChI is InChI=1S/C21H24N2O3S/c1-4-7-19-20(14-10-11-17(25-2)18(12-14)26-3)23-21(27-19)22-13-15-8-5-6-9-16(15)24/h5-6,8-12,24H,4,7,13H2,1-3H3,(H,22,23). The van der Waals surface area contributed by atoms with Crippen LogP contribution in [-0.4, -0.2) is 24.3 Å². The zero-order valence-electron chi connectivity index (χ0n) is 15.8. The average molecular weight is 385 g/mol. The Morgan fingerprint density at radius 1 is 1.07 bits per heavy atom. The number of aryl methyl sites for hydroxylation is 1. The van der Waals surface area contributed by atoms with Crippen molar-refractivity contribution < 1.29 is 14.6 Å². The van der Waals surface area contributed by atoms with Crippen molar-refractivity contribution in [2.45, 2.75) is 26.3 Å². The van der Waals surface area contributed by atoms with E-state index in [2.05, 4.69) is 12.2 Å². The van der Waals surface area contributed by atoms with Gasteiger partial charge in [0.15, 0.2) is 16.6 Å². The molecule has 1 aromatic heterocycles. The summed E-state index contributed by atoms with van der Waals surface area (Å²) in [6.07, 6.45) is 2.00. The van der Waals surface area contributed by atoms with Crippen LogP contribution in [-0.2, 0) is 13.0 Å². The zero-order valence-corrected chi connectivity index (χ0v) is 16.6. The molecule has 6 heteroatoms. The van der Waals surface area contributed by atoms with Crippen LogP contribution in [0.5, 0.6) is 17.2 Å². The summed E-state index contributed by atoms with van der Waals surface area (Å²) in [5.74, 6) is 1.68. The van der Waals surface area contributed by atoms with E-state index in [0.717, 1.165) is 34.8 Å². The first-order chi connectivity index (χ1) is 13.2. The summed E-state index contributed by atoms with van der Waals surface area (Å²) in [6, 6.07) is 13.2. The molecule has 3 aromatic rings. The first kappa shape index (κ1) is 19.0. The fourth-order valence-corrected chi connectivity index (χ4v) is 3.95. The van der Waals surface area contributed by atoms with Crippen LogP contribution in [0.25, 0.3) is 11.3 Å². The Hall–Kier alpha value is -2.73. The summed E-state index contributed by atoms with van der Waals surface area (Å²) in [6.45, 7) is 2.68. The van der Waals surface area contributed by atoms with E-state index >= 15 is 0 Å². The molecule has 27 heavy (non-hydrogen) atoms. The van der Waals surface area contributed by atoms with Gasteiger partial charge in [-0.05, 0) is 30.7 Å². The van der Waals surface area contributed by atoms with Crippen molar-refractivity contribution >= 4 is 16.5 Å². The molecule has 3 rings (SSSR count). The molecule has 0 saturated heterocycles. The molecule has 5 nitrogen and oxygen atoms in total. The minimum absolute atomic E-state index is 0.287. The molecule has 142 valence electrons. The summed E-state index contributed by atoms with van der Waals surface area (Å²) < 4.78 is 10.8. The maximum atomic E-state index is 9.93. The van der Waals surface area contributed by atoms with Crippen LogP contribution >= 0.6 is 11.3 Å². The molecule has 0 spiro atoms. The van der Waals surface area contributed by atoms with Gasteiger partial charge in [-0.3, -0.25) is 0 Å². The Morgan fingerprint density at radius 3 is 2.56 bits per heavy atom. The summed E-state index contributed by atoms with van der Waals surface area (Å²) in [5, 5.41) is 14.1. The zero-order chi connectivity index (χ0) is 19.2. The lowest BCUT2D eigenvalue weighted by Crippen LogP contribution is -1.99. The second kappa shape index (κ2) is 8.77. The molecule has 0 aliphatic rings. The van der Waals surface area contributed by atoms with Crippen molar-refractivity contribution in [1.29, 1.82) is 0 Å². The molecule has 0 amide bonds. The Balaban J connectivity index is 1.88. The lowest BCUT2D eigenvalue weighted by molar-refractivity contribution is 0.355. The van der Waals surface area contributed by atoms with Gasteiger partial charge in [-0.15, -0.1) is 11.3 Å². The monoisotopic (exact) mass is 384 g/mol. The minimum Gasteiger partial charge on any atom is -0.508 e. The van der Waals surface area contributed by atoms with Gasteiger partial charge in [0.2, 0.25) is 0 Å². The van der Waals surface area contributed by atoms with Gasteiger partial charge in [0.25, 0.3) is 0 Å². The molecular weight excluding hydrogens is 360 g/mol. The van der Waals surface area contributed by atoms with E-state index in [1.54, 1.807) is 31.6 Å². The predicted molar refractivity (Wildman–Crippen MR) is 110 cm³/mol. The lowest BCUT2D eigenvalue weighted by Gasteiger charge is -2.09. The Morgan fingerprint density at radius 2 is 1.85 bits per heavy atom. The number of benzene rings is 2. The van der Waals surface area contributed by atoms with E-state index in [-0.39, 0.29) is 5.75 Å². The summed E-state index contributed by atoms with van der Waals surface area (Å²) in [5.41, 5.74) is 2.81. The number of hydrogen-bond acceptors (Lipinski definition) is 6. The van der Waals surface area contributed by atoms with Crippen molar-refractivity contribution in [2.24, 2.45) is 0 Å². The number of para-hydroxylation sites is 1. The van der Waals surface area contributed by atoms with Gasteiger partial charge in [-0.25, -0.2) is 4.98 Å². The fourth-order valence-electron chi connectivity index (χ4n) is 2.86. The molecule has 0 fully saturated rings. The lowest BCUT2D eigenvalue weighted by atomic mass is 10.1. The van der Waals surface area contributed by atoms with E-state index in [1.807, 2.05) is 36.4 Å². The predicted octanol–water partition coefficient (Wildman–Crippen LogP) is 5.10. The highest BCUT2D eigenvalue weighted by Crippen LogP contribution is 2.37. The SMILES string of the molecule is CCCc1sc(NCc2ccccc2O)nc1-c1ccc(OC)c(OC)c1. The van der Waals surface area contributed by atoms with Gasteiger partial charge in [-0.1, -0.05) is 31.5 Å². The maximum absolute atomic E-state index is 9.93. The van der Waals surface area contributed by atoms with Crippen molar-refractivity contribution in [1.82, 2.24) is 4.98 Å². The Bertz CT molecular complexity index is 908. The molecule has 0 aliphatic heterocycles. The first-order valence-electron chi connectivity index (χ1n) is 8.89. The smallest absolute Gasteiger partial charge is 0.183 e. The van der Waals surface area contributed by atoms with Gasteiger partial charge < -0.3 is 19.9 Å². The van der Waals surface area contributed by atoms with Gasteiger partial charge >= 0.3 is 0 Å². The quantitative estimate of drug-likeness (QED) is 0.566. The number of nitrogens with zero attached hydrogens (tertiary/aromatic N) is 1. The van der Waals surface area contributed by atoms with Crippen LogP contribution in [0.15, 0.2) is 42.5 Å². The van der Waals surface area contributed by atoms with Gasteiger partial charge in [-0.2, -0.15) is 0 Å². The minimum atomic E-state index is 0.287. The molecular formula is C21H24N2O3S. The molecule has 0 saturated carbocycles. The number of aromatic nitrogens is 1. The van der Waals surface area contributed by atoms with Crippen LogP contribution in [0.3, 0.4) is 0 Å². The van der Waals surface area contributed by atoms with Crippen molar-refractivity contribution in [3.05, 3.63) is 52.9 Å². The van der Waals surface area contributed by atoms with E-state index in [4.69, 9.17) is 14.5 Å². The van der Waals surface area contributed by atoms with E-state index < -0.39 is 0 Å². The Labute approximate surface area is 163 Å². The van der Waals surface area contributed by atoms with E-state index in [0.29, 0.717) is 18.0 Å². The van der Waals surface area contributed by atoms with Crippen molar-refractivity contribution in [3.63, 3.8) is 0 Å². The molecule has 0 aliphatic carbocycles. The van der Waals surface area contributed by atoms with Gasteiger partial charge in [0.05, 0.1) is 19.9 Å². The molecule has 2 aromatic carbocycles. The van der Waals surface area contributed by atoms with Crippen molar-refractivity contribution in [3.8, 4) is 28.5 Å². The summed E-state index contributed by atoms with van der Waals surface area (Å²) in [4.78, 5) is 6.03. The third kappa shape index (κ3) is 4.34. The maximum Gasteiger partial charge on any atom is 0.183 e. The summed E-state index contributed by atoms with van der Waals surface area (Å²) in [7, 11) is 3.26. The molecule has 1 heterocycles. The number of methoxy groups -OCH3 is 2. The fraction of sp³-hybridized carbons (Fsp3) is 0.286. The van der Waals surface area contributed by atoms with E-state index in [1.165, 1.54) is 4.88 Å². The van der Waals surface area contributed by atoms with Gasteiger partial charge in [0.1, 0.15) is 5.75 Å². The number of phenols is 1. The highest BCUT2D eigenvalue weighted by atomic mass is 32.1. The summed E-state index contributed by atoms with van der Waals surface area (Å²) >= 11 is 1.65. The van der Waals surface area contributed by atoms with Gasteiger partial charge in [0, 0.05) is 22.5 Å². The van der Waals surface area contributed by atoms with Crippen molar-refractivity contribution in [2.75, 3.05) is 19.5 Å². The largest absolute Gasteiger partial charge is 0.508 e. The molecule has 2 N–H and O–H groups in total. The first-order valence-corrected chi connectivity index (χ1v) is 9.70. The van der Waals surface area contributed by atoms with Crippen LogP contribution in [0.1, 0.15) is 23.8 Å². The number of hydrogen-bond donors (Lipinski definition) is 2. The number of aromatic hydroxyl groups is 1. The number of phenolic OH excluding ortho intramolecular Hbond substituents is 1. The number of thiazole rings is 1. The van der Waals surface area contributed by atoms with Crippen LogP contribution in [0, 0.1) is 0 Å². The average Bonchev–Trinajstić information content (AvgIpc) is 3.10. The van der Waals surface area contributed by atoms with Crippen LogP contribution < -0.4 is 14.8 Å².